The highest BCUT2D eigenvalue weighted by atomic mass is 32.2. The lowest BCUT2D eigenvalue weighted by Gasteiger charge is -2.27. The van der Waals surface area contributed by atoms with Gasteiger partial charge in [-0.3, -0.25) is 9.59 Å². The minimum Gasteiger partial charge on any atom is -0.465 e. The summed E-state index contributed by atoms with van der Waals surface area (Å²) in [5.74, 6) is -1.24. The van der Waals surface area contributed by atoms with Crippen molar-refractivity contribution in [3.05, 3.63) is 64.7 Å². The molecular weight excluding hydrogens is 432 g/mol. The van der Waals surface area contributed by atoms with Crippen molar-refractivity contribution in [2.45, 2.75) is 19.0 Å². The zero-order chi connectivity index (χ0) is 23.3. The van der Waals surface area contributed by atoms with Crippen LogP contribution in [0.1, 0.15) is 43.1 Å². The van der Waals surface area contributed by atoms with Crippen molar-refractivity contribution < 1.29 is 28.7 Å². The summed E-state index contributed by atoms with van der Waals surface area (Å²) in [6.07, 6.45) is 2.38. The van der Waals surface area contributed by atoms with Gasteiger partial charge in [-0.25, -0.2) is 9.59 Å². The van der Waals surface area contributed by atoms with Gasteiger partial charge in [-0.05, 0) is 48.3 Å². The number of thioether (sulfide) groups is 1. The lowest BCUT2D eigenvalue weighted by atomic mass is 10.1. The number of anilines is 1. The van der Waals surface area contributed by atoms with Crippen LogP contribution in [-0.2, 0) is 20.8 Å². The van der Waals surface area contributed by atoms with Gasteiger partial charge in [-0.1, -0.05) is 18.2 Å². The number of hydrogen-bond donors (Lipinski definition) is 1. The van der Waals surface area contributed by atoms with E-state index in [9.17, 15) is 19.2 Å². The lowest BCUT2D eigenvalue weighted by molar-refractivity contribution is -0.120. The Labute approximate surface area is 190 Å². The molecule has 1 unspecified atom stereocenters. The third-order valence-corrected chi connectivity index (χ3v) is 5.81. The summed E-state index contributed by atoms with van der Waals surface area (Å²) in [5, 5.41) is 2.76. The number of ether oxygens (including phenoxy) is 2. The van der Waals surface area contributed by atoms with E-state index in [1.165, 1.54) is 32.4 Å². The number of amides is 2. The van der Waals surface area contributed by atoms with E-state index < -0.39 is 23.9 Å². The van der Waals surface area contributed by atoms with Gasteiger partial charge in [-0.15, -0.1) is 0 Å². The average Bonchev–Trinajstić information content (AvgIpc) is 3.14. The Morgan fingerprint density at radius 1 is 1.06 bits per heavy atom. The second-order valence-electron chi connectivity index (χ2n) is 7.16. The molecule has 2 aromatic rings. The summed E-state index contributed by atoms with van der Waals surface area (Å²) >= 11 is 1.58. The van der Waals surface area contributed by atoms with Gasteiger partial charge >= 0.3 is 11.9 Å². The van der Waals surface area contributed by atoms with Gasteiger partial charge in [-0.2, -0.15) is 11.8 Å². The molecule has 2 amide bonds. The van der Waals surface area contributed by atoms with Gasteiger partial charge in [0.1, 0.15) is 6.04 Å². The second-order valence-corrected chi connectivity index (χ2v) is 8.14. The molecule has 1 aliphatic heterocycles. The van der Waals surface area contributed by atoms with Crippen molar-refractivity contribution in [2.24, 2.45) is 0 Å². The van der Waals surface area contributed by atoms with Gasteiger partial charge < -0.3 is 19.7 Å². The zero-order valence-electron chi connectivity index (χ0n) is 18.0. The van der Waals surface area contributed by atoms with Crippen LogP contribution in [0, 0.1) is 0 Å². The van der Waals surface area contributed by atoms with E-state index in [0.717, 1.165) is 5.56 Å². The molecule has 0 bridgehead atoms. The summed E-state index contributed by atoms with van der Waals surface area (Å²) in [6.45, 7) is 0.344. The number of hydrogen-bond acceptors (Lipinski definition) is 7. The maximum atomic E-state index is 13.3. The quantitative estimate of drug-likeness (QED) is 0.609. The maximum absolute atomic E-state index is 13.3. The Morgan fingerprint density at radius 2 is 1.69 bits per heavy atom. The molecule has 0 radical (unpaired) electrons. The Morgan fingerprint density at radius 3 is 2.25 bits per heavy atom. The van der Waals surface area contributed by atoms with Gasteiger partial charge in [0.2, 0.25) is 5.91 Å². The average molecular weight is 457 g/mol. The molecule has 0 aromatic heterocycles. The largest absolute Gasteiger partial charge is 0.465 e. The summed E-state index contributed by atoms with van der Waals surface area (Å²) in [4.78, 5) is 51.8. The van der Waals surface area contributed by atoms with Crippen LogP contribution >= 0.6 is 11.8 Å². The number of rotatable bonds is 8. The van der Waals surface area contributed by atoms with E-state index in [2.05, 4.69) is 5.32 Å². The standard InChI is InChI=1S/C23H24N2O6S/c1-30-22(28)15-10-16(23(29)31-2)12-17(11-15)24-20(26)19(8-9-32-3)25-13-14-6-4-5-7-18(14)21(25)27/h4-7,10-12,19H,8-9,13H2,1-3H3,(H,24,26). The van der Waals surface area contributed by atoms with Crippen LogP contribution in [0.5, 0.6) is 0 Å². The molecule has 1 aliphatic rings. The first-order valence-corrected chi connectivity index (χ1v) is 11.3. The predicted octanol–water partition coefficient (Wildman–Crippen LogP) is 2.98. The molecule has 1 atom stereocenters. The number of carbonyl (C=O) groups is 4. The van der Waals surface area contributed by atoms with E-state index in [1.54, 1.807) is 28.8 Å². The fourth-order valence-electron chi connectivity index (χ4n) is 3.58. The van der Waals surface area contributed by atoms with E-state index in [0.29, 0.717) is 24.3 Å². The van der Waals surface area contributed by atoms with Crippen molar-refractivity contribution >= 4 is 41.2 Å². The topological polar surface area (TPSA) is 102 Å². The third kappa shape index (κ3) is 4.94. The first kappa shape index (κ1) is 23.3. The molecule has 1 N–H and O–H groups in total. The Balaban J connectivity index is 1.89. The number of esters is 2. The molecular formula is C23H24N2O6S. The van der Waals surface area contributed by atoms with Crippen molar-refractivity contribution in [1.29, 1.82) is 0 Å². The fourth-order valence-corrected chi connectivity index (χ4v) is 4.04. The Hall–Kier alpha value is -3.33. The summed E-state index contributed by atoms with van der Waals surface area (Å²) in [5.41, 5.74) is 1.89. The van der Waals surface area contributed by atoms with Crippen LogP contribution < -0.4 is 5.32 Å². The molecule has 168 valence electrons. The number of methoxy groups -OCH3 is 2. The highest BCUT2D eigenvalue weighted by Gasteiger charge is 2.36. The summed E-state index contributed by atoms with van der Waals surface area (Å²) in [6, 6.07) is 10.7. The zero-order valence-corrected chi connectivity index (χ0v) is 18.9. The first-order chi connectivity index (χ1) is 15.4. The summed E-state index contributed by atoms with van der Waals surface area (Å²) in [7, 11) is 2.45. The number of benzene rings is 2. The van der Waals surface area contributed by atoms with Crippen molar-refractivity contribution in [3.8, 4) is 0 Å². The van der Waals surface area contributed by atoms with Gasteiger partial charge in [0.05, 0.1) is 25.3 Å². The maximum Gasteiger partial charge on any atom is 0.337 e. The molecule has 0 fully saturated rings. The normalized spacial score (nSPS) is 13.3. The van der Waals surface area contributed by atoms with E-state index in [4.69, 9.17) is 9.47 Å². The van der Waals surface area contributed by atoms with E-state index >= 15 is 0 Å². The molecule has 3 rings (SSSR count). The molecule has 0 aliphatic carbocycles. The number of fused-ring (bicyclic) bond motifs is 1. The molecule has 2 aromatic carbocycles. The third-order valence-electron chi connectivity index (χ3n) is 5.17. The highest BCUT2D eigenvalue weighted by molar-refractivity contribution is 7.98. The molecule has 0 saturated carbocycles. The van der Waals surface area contributed by atoms with Crippen LogP contribution in [0.25, 0.3) is 0 Å². The molecule has 1 heterocycles. The van der Waals surface area contributed by atoms with Crippen molar-refractivity contribution in [1.82, 2.24) is 4.90 Å². The SMILES string of the molecule is COC(=O)c1cc(NC(=O)C(CCSC)N2Cc3ccccc3C2=O)cc(C(=O)OC)c1. The number of nitrogens with one attached hydrogen (secondary N) is 1. The van der Waals surface area contributed by atoms with Gasteiger partial charge in [0.25, 0.3) is 5.91 Å². The molecule has 32 heavy (non-hydrogen) atoms. The molecule has 0 saturated heterocycles. The van der Waals surface area contributed by atoms with Gasteiger partial charge in [0, 0.05) is 17.8 Å². The monoisotopic (exact) mass is 456 g/mol. The van der Waals surface area contributed by atoms with Crippen LogP contribution in [0.15, 0.2) is 42.5 Å². The second kappa shape index (κ2) is 10.3. The minimum absolute atomic E-state index is 0.0935. The number of nitrogens with zero attached hydrogens (tertiary/aromatic N) is 1. The van der Waals surface area contributed by atoms with Crippen molar-refractivity contribution in [2.75, 3.05) is 31.5 Å². The van der Waals surface area contributed by atoms with Crippen LogP contribution in [0.4, 0.5) is 5.69 Å². The molecule has 0 spiro atoms. The highest BCUT2D eigenvalue weighted by Crippen LogP contribution is 2.27. The molecule has 8 nitrogen and oxygen atoms in total. The Bertz CT molecular complexity index is 1020. The predicted molar refractivity (Wildman–Crippen MR) is 121 cm³/mol. The molecule has 9 heteroatoms. The first-order valence-electron chi connectivity index (χ1n) is 9.90. The Kier molecular flexibility index (Phi) is 7.53. The number of carbonyl (C=O) groups excluding carboxylic acids is 4. The van der Waals surface area contributed by atoms with Crippen molar-refractivity contribution in [3.63, 3.8) is 0 Å². The lowest BCUT2D eigenvalue weighted by Crippen LogP contribution is -2.44. The minimum atomic E-state index is -0.717. The van der Waals surface area contributed by atoms with E-state index in [1.807, 2.05) is 18.4 Å². The van der Waals surface area contributed by atoms with Crippen LogP contribution in [0.3, 0.4) is 0 Å². The smallest absolute Gasteiger partial charge is 0.337 e. The fraction of sp³-hybridized carbons (Fsp3) is 0.304. The van der Waals surface area contributed by atoms with Crippen LogP contribution in [-0.4, -0.2) is 60.9 Å². The van der Waals surface area contributed by atoms with E-state index in [-0.39, 0.29) is 22.7 Å². The van der Waals surface area contributed by atoms with Crippen LogP contribution in [0.2, 0.25) is 0 Å². The summed E-state index contributed by atoms with van der Waals surface area (Å²) < 4.78 is 9.47. The van der Waals surface area contributed by atoms with Gasteiger partial charge in [0.15, 0.2) is 0 Å².